The third-order valence-electron chi connectivity index (χ3n) is 4.24. The molecule has 0 saturated carbocycles. The zero-order chi connectivity index (χ0) is 14.8. The molecule has 21 heavy (non-hydrogen) atoms. The van der Waals surface area contributed by atoms with Crippen LogP contribution in [0.2, 0.25) is 0 Å². The first-order valence-corrected chi connectivity index (χ1v) is 7.87. The Labute approximate surface area is 129 Å². The zero-order valence-corrected chi connectivity index (χ0v) is 12.8. The maximum Gasteiger partial charge on any atom is 0.124 e. The number of rotatable bonds is 4. The molecule has 2 unspecified atom stereocenters. The van der Waals surface area contributed by atoms with Gasteiger partial charge in [-0.3, -0.25) is 0 Å². The van der Waals surface area contributed by atoms with Gasteiger partial charge in [0.25, 0.3) is 0 Å². The predicted octanol–water partition coefficient (Wildman–Crippen LogP) is 3.46. The molecule has 110 valence electrons. The van der Waals surface area contributed by atoms with Crippen LogP contribution in [0.15, 0.2) is 18.2 Å². The summed E-state index contributed by atoms with van der Waals surface area (Å²) in [6.07, 6.45) is 2.40. The van der Waals surface area contributed by atoms with Gasteiger partial charge < -0.3 is 9.30 Å². The maximum absolute atomic E-state index is 9.09. The van der Waals surface area contributed by atoms with Crippen molar-refractivity contribution in [2.75, 3.05) is 6.61 Å². The van der Waals surface area contributed by atoms with Crippen molar-refractivity contribution in [1.29, 1.82) is 5.26 Å². The molecule has 0 amide bonds. The van der Waals surface area contributed by atoms with Crippen LogP contribution in [-0.4, -0.2) is 22.3 Å². The van der Waals surface area contributed by atoms with Gasteiger partial charge in [0.1, 0.15) is 5.82 Å². The molecule has 4 nitrogen and oxygen atoms in total. The molecule has 1 aliphatic rings. The van der Waals surface area contributed by atoms with Crippen LogP contribution in [0.4, 0.5) is 0 Å². The molecule has 1 aliphatic heterocycles. The number of halogens is 1. The van der Waals surface area contributed by atoms with E-state index < -0.39 is 0 Å². The third-order valence-corrected chi connectivity index (χ3v) is 4.48. The number of aromatic nitrogens is 2. The van der Waals surface area contributed by atoms with Crippen molar-refractivity contribution in [2.24, 2.45) is 5.92 Å². The van der Waals surface area contributed by atoms with Crippen LogP contribution >= 0.6 is 11.6 Å². The van der Waals surface area contributed by atoms with E-state index in [0.717, 1.165) is 42.9 Å². The molecule has 0 bridgehead atoms. The van der Waals surface area contributed by atoms with Crippen LogP contribution in [0.5, 0.6) is 0 Å². The number of hydrogen-bond donors (Lipinski definition) is 0. The zero-order valence-electron chi connectivity index (χ0n) is 12.1. The standard InChI is InChI=1S/C16H18ClN3O/c1-2-15-12(5-6-21-15)10-20-14-7-11(9-18)3-4-13(14)19-16(20)8-17/h3-4,7,12,15H,2,5-6,8,10H2,1H3. The van der Waals surface area contributed by atoms with Crippen molar-refractivity contribution in [3.63, 3.8) is 0 Å². The van der Waals surface area contributed by atoms with Crippen LogP contribution in [0, 0.1) is 17.2 Å². The second kappa shape index (κ2) is 6.05. The highest BCUT2D eigenvalue weighted by Gasteiger charge is 2.28. The van der Waals surface area contributed by atoms with E-state index in [1.807, 2.05) is 12.1 Å². The Morgan fingerprint density at radius 1 is 1.52 bits per heavy atom. The van der Waals surface area contributed by atoms with Gasteiger partial charge in [0, 0.05) is 19.1 Å². The Hall–Kier alpha value is -1.57. The lowest BCUT2D eigenvalue weighted by Crippen LogP contribution is -2.21. The molecule has 1 saturated heterocycles. The number of hydrogen-bond acceptors (Lipinski definition) is 3. The van der Waals surface area contributed by atoms with Gasteiger partial charge in [-0.15, -0.1) is 11.6 Å². The molecule has 0 radical (unpaired) electrons. The summed E-state index contributed by atoms with van der Waals surface area (Å²) in [4.78, 5) is 4.58. The lowest BCUT2D eigenvalue weighted by Gasteiger charge is -2.19. The average molecular weight is 304 g/mol. The Morgan fingerprint density at radius 2 is 2.38 bits per heavy atom. The molecular weight excluding hydrogens is 286 g/mol. The predicted molar refractivity (Wildman–Crippen MR) is 82.1 cm³/mol. The molecule has 0 spiro atoms. The fraction of sp³-hybridized carbons (Fsp3) is 0.500. The van der Waals surface area contributed by atoms with E-state index in [0.29, 0.717) is 23.5 Å². The fourth-order valence-corrected chi connectivity index (χ4v) is 3.34. The average Bonchev–Trinajstić information content (AvgIpc) is 3.11. The first-order chi connectivity index (χ1) is 10.3. The van der Waals surface area contributed by atoms with E-state index >= 15 is 0 Å². The fourth-order valence-electron chi connectivity index (χ4n) is 3.14. The van der Waals surface area contributed by atoms with Gasteiger partial charge in [0.15, 0.2) is 0 Å². The number of nitrogens with zero attached hydrogens (tertiary/aromatic N) is 3. The van der Waals surface area contributed by atoms with E-state index in [2.05, 4.69) is 22.5 Å². The van der Waals surface area contributed by atoms with Crippen LogP contribution in [0.1, 0.15) is 31.2 Å². The monoisotopic (exact) mass is 303 g/mol. The van der Waals surface area contributed by atoms with Gasteiger partial charge in [-0.1, -0.05) is 6.92 Å². The molecule has 1 aromatic carbocycles. The highest BCUT2D eigenvalue weighted by molar-refractivity contribution is 6.16. The number of benzene rings is 1. The van der Waals surface area contributed by atoms with Crippen molar-refractivity contribution >= 4 is 22.6 Å². The third kappa shape index (κ3) is 2.64. The van der Waals surface area contributed by atoms with Crippen LogP contribution in [0.3, 0.4) is 0 Å². The highest BCUT2D eigenvalue weighted by Crippen LogP contribution is 2.28. The molecule has 0 N–H and O–H groups in total. The minimum absolute atomic E-state index is 0.310. The van der Waals surface area contributed by atoms with Gasteiger partial charge in [-0.05, 0) is 31.0 Å². The van der Waals surface area contributed by atoms with Gasteiger partial charge in [-0.25, -0.2) is 4.98 Å². The second-order valence-corrected chi connectivity index (χ2v) is 5.72. The van der Waals surface area contributed by atoms with E-state index in [-0.39, 0.29) is 0 Å². The first kappa shape index (κ1) is 14.4. The summed E-state index contributed by atoms with van der Waals surface area (Å²) in [7, 11) is 0. The topological polar surface area (TPSA) is 50.8 Å². The van der Waals surface area contributed by atoms with E-state index in [1.165, 1.54) is 0 Å². The number of imidazole rings is 1. The molecular formula is C16H18ClN3O. The molecule has 1 aromatic heterocycles. The Balaban J connectivity index is 2.01. The van der Waals surface area contributed by atoms with Crippen LogP contribution < -0.4 is 0 Å². The van der Waals surface area contributed by atoms with Crippen molar-refractivity contribution < 1.29 is 4.74 Å². The van der Waals surface area contributed by atoms with Crippen molar-refractivity contribution in [3.05, 3.63) is 29.6 Å². The minimum atomic E-state index is 0.310. The summed E-state index contributed by atoms with van der Waals surface area (Å²) in [6.45, 7) is 3.84. The highest BCUT2D eigenvalue weighted by atomic mass is 35.5. The molecule has 2 heterocycles. The summed E-state index contributed by atoms with van der Waals surface area (Å²) < 4.78 is 7.93. The summed E-state index contributed by atoms with van der Waals surface area (Å²) in [5, 5.41) is 9.09. The summed E-state index contributed by atoms with van der Waals surface area (Å²) >= 11 is 6.05. The summed E-state index contributed by atoms with van der Waals surface area (Å²) in [5.74, 6) is 1.73. The second-order valence-electron chi connectivity index (χ2n) is 5.45. The largest absolute Gasteiger partial charge is 0.378 e. The molecule has 1 fully saturated rings. The van der Waals surface area contributed by atoms with Crippen LogP contribution in [0.25, 0.3) is 11.0 Å². The van der Waals surface area contributed by atoms with E-state index in [1.54, 1.807) is 6.07 Å². The Bertz CT molecular complexity index is 689. The lowest BCUT2D eigenvalue weighted by molar-refractivity contribution is 0.0836. The van der Waals surface area contributed by atoms with Crippen molar-refractivity contribution in [1.82, 2.24) is 9.55 Å². The normalized spacial score (nSPS) is 21.8. The molecule has 2 aromatic rings. The van der Waals surface area contributed by atoms with Crippen molar-refractivity contribution in [3.8, 4) is 6.07 Å². The van der Waals surface area contributed by atoms with Crippen LogP contribution in [-0.2, 0) is 17.2 Å². The quantitative estimate of drug-likeness (QED) is 0.813. The summed E-state index contributed by atoms with van der Waals surface area (Å²) in [5.41, 5.74) is 2.54. The Kier molecular flexibility index (Phi) is 4.14. The number of ether oxygens (including phenoxy) is 1. The molecule has 2 atom stereocenters. The maximum atomic E-state index is 9.09. The van der Waals surface area contributed by atoms with Gasteiger partial charge >= 0.3 is 0 Å². The van der Waals surface area contributed by atoms with E-state index in [9.17, 15) is 0 Å². The van der Waals surface area contributed by atoms with E-state index in [4.69, 9.17) is 21.6 Å². The summed E-state index contributed by atoms with van der Waals surface area (Å²) in [6, 6.07) is 7.77. The van der Waals surface area contributed by atoms with Gasteiger partial charge in [0.2, 0.25) is 0 Å². The molecule has 3 rings (SSSR count). The molecule has 0 aliphatic carbocycles. The minimum Gasteiger partial charge on any atom is -0.378 e. The van der Waals surface area contributed by atoms with Crippen molar-refractivity contribution in [2.45, 2.75) is 38.3 Å². The lowest BCUT2D eigenvalue weighted by atomic mass is 9.99. The Morgan fingerprint density at radius 3 is 3.10 bits per heavy atom. The number of nitriles is 1. The van der Waals surface area contributed by atoms with Gasteiger partial charge in [0.05, 0.1) is 34.7 Å². The number of fused-ring (bicyclic) bond motifs is 1. The SMILES string of the molecule is CCC1OCCC1Cn1c(CCl)nc2ccc(C#N)cc21. The smallest absolute Gasteiger partial charge is 0.124 e. The number of alkyl halides is 1. The molecule has 5 heteroatoms. The van der Waals surface area contributed by atoms with Gasteiger partial charge in [-0.2, -0.15) is 5.26 Å². The first-order valence-electron chi connectivity index (χ1n) is 7.33.